The highest BCUT2D eigenvalue weighted by Gasteiger charge is 2.20. The Morgan fingerprint density at radius 3 is 2.18 bits per heavy atom. The Morgan fingerprint density at radius 1 is 0.529 bits per heavy atom. The molecule has 51 heavy (non-hydrogen) atoms. The molecule has 2 aliphatic carbocycles. The highest BCUT2D eigenvalue weighted by atomic mass is 16.3. The molecule has 0 saturated heterocycles. The molecule has 1 atom stereocenters. The van der Waals surface area contributed by atoms with Crippen molar-refractivity contribution in [2.75, 3.05) is 0 Å². The van der Waals surface area contributed by atoms with Crippen molar-refractivity contribution < 1.29 is 4.42 Å². The number of benzene rings is 6. The van der Waals surface area contributed by atoms with Gasteiger partial charge in [0.25, 0.3) is 0 Å². The average Bonchev–Trinajstić information content (AvgIpc) is 3.60. The summed E-state index contributed by atoms with van der Waals surface area (Å²) in [7, 11) is 0. The van der Waals surface area contributed by atoms with Crippen LogP contribution in [0.1, 0.15) is 42.1 Å². The van der Waals surface area contributed by atoms with Crippen molar-refractivity contribution in [2.45, 2.75) is 25.2 Å². The predicted molar refractivity (Wildman–Crippen MR) is 210 cm³/mol. The van der Waals surface area contributed by atoms with E-state index in [-0.39, 0.29) is 5.92 Å². The molecule has 0 saturated carbocycles. The maximum Gasteiger partial charge on any atom is 0.164 e. The molecule has 0 aliphatic heterocycles. The Kier molecular flexibility index (Phi) is 7.05. The lowest BCUT2D eigenvalue weighted by atomic mass is 9.88. The van der Waals surface area contributed by atoms with Gasteiger partial charge in [0.05, 0.1) is 0 Å². The third-order valence-electron chi connectivity index (χ3n) is 10.3. The molecule has 0 N–H and O–H groups in total. The molecule has 2 heterocycles. The Hall–Kier alpha value is -6.39. The van der Waals surface area contributed by atoms with Crippen LogP contribution in [0.5, 0.6) is 0 Å². The van der Waals surface area contributed by atoms with Crippen molar-refractivity contribution in [3.63, 3.8) is 0 Å². The molecule has 242 valence electrons. The minimum atomic E-state index is 0.262. The number of allylic oxidation sites excluding steroid dienone is 8. The van der Waals surface area contributed by atoms with Crippen LogP contribution in [0.3, 0.4) is 0 Å². The smallest absolute Gasteiger partial charge is 0.164 e. The largest absolute Gasteiger partial charge is 0.456 e. The molecule has 6 aromatic carbocycles. The summed E-state index contributed by atoms with van der Waals surface area (Å²) in [6.07, 6.45) is 16.5. The van der Waals surface area contributed by atoms with Crippen LogP contribution in [0.25, 0.3) is 77.4 Å². The second kappa shape index (κ2) is 12.2. The highest BCUT2D eigenvalue weighted by molar-refractivity contribution is 6.12. The highest BCUT2D eigenvalue weighted by Crippen LogP contribution is 2.38. The van der Waals surface area contributed by atoms with Crippen molar-refractivity contribution >= 4 is 54.6 Å². The molecule has 0 radical (unpaired) electrons. The summed E-state index contributed by atoms with van der Waals surface area (Å²) >= 11 is 0. The molecular formula is C47H33N3O. The van der Waals surface area contributed by atoms with Crippen LogP contribution >= 0.6 is 0 Å². The molecule has 4 nitrogen and oxygen atoms in total. The van der Waals surface area contributed by atoms with Crippen LogP contribution in [-0.2, 0) is 0 Å². The monoisotopic (exact) mass is 655 g/mol. The van der Waals surface area contributed by atoms with E-state index in [9.17, 15) is 0 Å². The number of rotatable bonds is 5. The second-order valence-electron chi connectivity index (χ2n) is 13.4. The first-order valence-electron chi connectivity index (χ1n) is 17.7. The molecule has 8 aromatic rings. The van der Waals surface area contributed by atoms with Crippen molar-refractivity contribution in [2.24, 2.45) is 0 Å². The number of nitrogens with zero attached hydrogens (tertiary/aromatic N) is 3. The van der Waals surface area contributed by atoms with Crippen molar-refractivity contribution in [1.82, 2.24) is 15.0 Å². The van der Waals surface area contributed by atoms with Gasteiger partial charge in [-0.1, -0.05) is 134 Å². The van der Waals surface area contributed by atoms with E-state index in [2.05, 4.69) is 127 Å². The molecule has 10 rings (SSSR count). The van der Waals surface area contributed by atoms with E-state index < -0.39 is 0 Å². The lowest BCUT2D eigenvalue weighted by Crippen LogP contribution is -2.05. The van der Waals surface area contributed by atoms with Crippen LogP contribution in [-0.4, -0.2) is 15.0 Å². The van der Waals surface area contributed by atoms with E-state index in [4.69, 9.17) is 19.4 Å². The van der Waals surface area contributed by atoms with Gasteiger partial charge in [-0.15, -0.1) is 0 Å². The zero-order chi connectivity index (χ0) is 33.7. The van der Waals surface area contributed by atoms with Gasteiger partial charge in [0.1, 0.15) is 11.2 Å². The molecule has 0 bridgehead atoms. The lowest BCUT2D eigenvalue weighted by Gasteiger charge is -2.18. The summed E-state index contributed by atoms with van der Waals surface area (Å²) in [5, 5.41) is 7.18. The van der Waals surface area contributed by atoms with E-state index in [1.165, 1.54) is 32.7 Å². The van der Waals surface area contributed by atoms with E-state index in [0.717, 1.165) is 63.5 Å². The lowest BCUT2D eigenvalue weighted by molar-refractivity contribution is 0.669. The summed E-state index contributed by atoms with van der Waals surface area (Å²) in [6, 6.07) is 42.8. The normalized spacial score (nSPS) is 15.9. The van der Waals surface area contributed by atoms with Crippen LogP contribution in [0.2, 0.25) is 0 Å². The molecule has 2 aliphatic rings. The SMILES string of the molecule is C1=CC(c2cccc(-c3nc(C4=CCC(c5ccc6ccc7ccccc7c6c5)C=C4)nc(-c4cccc5oc6ccccc6c45)n3)c2)=CCC1. The third-order valence-corrected chi connectivity index (χ3v) is 10.3. The second-order valence-corrected chi connectivity index (χ2v) is 13.4. The van der Waals surface area contributed by atoms with E-state index in [1.54, 1.807) is 0 Å². The van der Waals surface area contributed by atoms with Gasteiger partial charge in [0.2, 0.25) is 0 Å². The van der Waals surface area contributed by atoms with Gasteiger partial charge in [0, 0.05) is 33.4 Å². The summed E-state index contributed by atoms with van der Waals surface area (Å²) in [6.45, 7) is 0. The quantitative estimate of drug-likeness (QED) is 0.173. The fraction of sp³-hybridized carbons (Fsp3) is 0.0851. The third kappa shape index (κ3) is 5.28. The van der Waals surface area contributed by atoms with Gasteiger partial charge in [0.15, 0.2) is 17.5 Å². The molecule has 2 aromatic heterocycles. The number of hydrogen-bond acceptors (Lipinski definition) is 4. The summed E-state index contributed by atoms with van der Waals surface area (Å²) in [4.78, 5) is 15.5. The molecular weight excluding hydrogens is 623 g/mol. The first-order valence-corrected chi connectivity index (χ1v) is 17.7. The molecule has 0 fully saturated rings. The predicted octanol–water partition coefficient (Wildman–Crippen LogP) is 12.3. The van der Waals surface area contributed by atoms with Crippen molar-refractivity contribution in [3.05, 3.63) is 175 Å². The standard InChI is InChI=1S/C47H33N3O/c1-2-10-30(11-3-1)35-13-8-14-37(28-35)46-48-45(49-47(50-46)40-17-9-19-43-44(40)39-16-6-7-18-42(39)51-43)34-25-20-31(21-26-34)36-27-24-33-23-22-32-12-4-5-15-38(32)41(33)29-36/h2,4-20,22-29,31H,1,3,21H2. The van der Waals surface area contributed by atoms with E-state index in [1.807, 2.05) is 30.3 Å². The molecule has 0 spiro atoms. The number of para-hydroxylation sites is 1. The van der Waals surface area contributed by atoms with Crippen LogP contribution in [0, 0.1) is 0 Å². The average molecular weight is 656 g/mol. The number of furan rings is 1. The Balaban J connectivity index is 1.07. The Bertz CT molecular complexity index is 2800. The fourth-order valence-electron chi connectivity index (χ4n) is 7.66. The van der Waals surface area contributed by atoms with E-state index >= 15 is 0 Å². The van der Waals surface area contributed by atoms with Crippen molar-refractivity contribution in [1.29, 1.82) is 0 Å². The Labute approximate surface area is 295 Å². The molecule has 4 heteroatoms. The minimum Gasteiger partial charge on any atom is -0.456 e. The fourth-order valence-corrected chi connectivity index (χ4v) is 7.66. The van der Waals surface area contributed by atoms with Gasteiger partial charge in [-0.25, -0.2) is 15.0 Å². The summed E-state index contributed by atoms with van der Waals surface area (Å²) in [5.41, 5.74) is 8.26. The number of aromatic nitrogens is 3. The van der Waals surface area contributed by atoms with Gasteiger partial charge in [-0.2, -0.15) is 0 Å². The minimum absolute atomic E-state index is 0.262. The van der Waals surface area contributed by atoms with E-state index in [0.29, 0.717) is 17.5 Å². The first kappa shape index (κ1) is 29.5. The zero-order valence-electron chi connectivity index (χ0n) is 28.0. The Morgan fingerprint density at radius 2 is 1.29 bits per heavy atom. The topological polar surface area (TPSA) is 51.8 Å². The van der Waals surface area contributed by atoms with Crippen molar-refractivity contribution in [3.8, 4) is 22.8 Å². The summed E-state index contributed by atoms with van der Waals surface area (Å²) in [5.74, 6) is 2.21. The molecule has 1 unspecified atom stereocenters. The summed E-state index contributed by atoms with van der Waals surface area (Å²) < 4.78 is 6.26. The first-order chi connectivity index (χ1) is 25.2. The van der Waals surface area contributed by atoms with Gasteiger partial charge in [-0.3, -0.25) is 0 Å². The molecule has 0 amide bonds. The van der Waals surface area contributed by atoms with Gasteiger partial charge in [-0.05, 0) is 81.8 Å². The maximum atomic E-state index is 6.26. The van der Waals surface area contributed by atoms with Gasteiger partial charge >= 0.3 is 0 Å². The van der Waals surface area contributed by atoms with Gasteiger partial charge < -0.3 is 4.42 Å². The maximum absolute atomic E-state index is 6.26. The van der Waals surface area contributed by atoms with Crippen LogP contribution < -0.4 is 0 Å². The zero-order valence-corrected chi connectivity index (χ0v) is 28.0. The van der Waals surface area contributed by atoms with Crippen LogP contribution in [0.15, 0.2) is 162 Å². The van der Waals surface area contributed by atoms with Crippen LogP contribution in [0.4, 0.5) is 0 Å². The number of fused-ring (bicyclic) bond motifs is 6. The number of hydrogen-bond donors (Lipinski definition) is 0.